The van der Waals surface area contributed by atoms with Gasteiger partial charge in [-0.3, -0.25) is 9.59 Å². The Morgan fingerprint density at radius 3 is 2.38 bits per heavy atom. The van der Waals surface area contributed by atoms with Gasteiger partial charge in [-0.05, 0) is 6.42 Å². The number of nitrogens with zero attached hydrogens (tertiary/aromatic N) is 1. The quantitative estimate of drug-likeness (QED) is 0.559. The van der Waals surface area contributed by atoms with Crippen molar-refractivity contribution in [3.8, 4) is 0 Å². The summed E-state index contributed by atoms with van der Waals surface area (Å²) in [4.78, 5) is 33.6. The lowest BCUT2D eigenvalue weighted by Crippen LogP contribution is -2.44. The minimum Gasteiger partial charge on any atom is -0.480 e. The molecule has 0 bridgehead atoms. The third kappa shape index (κ3) is 6.63. The van der Waals surface area contributed by atoms with E-state index in [2.05, 4.69) is 10.6 Å². The highest BCUT2D eigenvalue weighted by molar-refractivity contribution is 5.85. The summed E-state index contributed by atoms with van der Waals surface area (Å²) in [6, 6.07) is -0.589. The van der Waals surface area contributed by atoms with E-state index in [4.69, 9.17) is 5.11 Å². The van der Waals surface area contributed by atoms with Gasteiger partial charge >= 0.3 is 12.0 Å². The van der Waals surface area contributed by atoms with Gasteiger partial charge in [-0.1, -0.05) is 6.92 Å². The first kappa shape index (κ1) is 14.2. The molecule has 0 saturated heterocycles. The number of carbonyl (C=O) groups excluding carboxylic acids is 2. The Balaban J connectivity index is 3.79. The van der Waals surface area contributed by atoms with Crippen LogP contribution in [0.3, 0.4) is 0 Å². The van der Waals surface area contributed by atoms with E-state index in [1.54, 1.807) is 0 Å². The third-order valence-electron chi connectivity index (χ3n) is 1.69. The van der Waals surface area contributed by atoms with Crippen LogP contribution >= 0.6 is 0 Å². The standard InChI is InChI=1S/C9H17N3O4/c1-3-4-10-7(13)5-11-9(16)12(2)6-8(14)15/h3-6H2,1-2H3,(H,10,13)(H,11,16)(H,14,15). The molecule has 0 unspecified atom stereocenters. The molecule has 3 N–H and O–H groups in total. The molecule has 0 aliphatic rings. The number of urea groups is 1. The zero-order chi connectivity index (χ0) is 12.6. The molecule has 7 heteroatoms. The second kappa shape index (κ2) is 7.49. The highest BCUT2D eigenvalue weighted by Crippen LogP contribution is 1.83. The first-order valence-electron chi connectivity index (χ1n) is 4.94. The van der Waals surface area contributed by atoms with Crippen LogP contribution in [0.4, 0.5) is 4.79 Å². The van der Waals surface area contributed by atoms with Gasteiger partial charge in [0.25, 0.3) is 0 Å². The van der Waals surface area contributed by atoms with Crippen molar-refractivity contribution >= 4 is 17.9 Å². The summed E-state index contributed by atoms with van der Waals surface area (Å²) in [6.45, 7) is 1.92. The molecule has 0 fully saturated rings. The molecule has 92 valence electrons. The third-order valence-corrected chi connectivity index (χ3v) is 1.69. The van der Waals surface area contributed by atoms with Crippen LogP contribution in [0.5, 0.6) is 0 Å². The largest absolute Gasteiger partial charge is 0.480 e. The van der Waals surface area contributed by atoms with Gasteiger partial charge in [0.15, 0.2) is 0 Å². The van der Waals surface area contributed by atoms with Crippen molar-refractivity contribution in [2.45, 2.75) is 13.3 Å². The number of hydrogen-bond acceptors (Lipinski definition) is 3. The van der Waals surface area contributed by atoms with Crippen molar-refractivity contribution < 1.29 is 19.5 Å². The summed E-state index contributed by atoms with van der Waals surface area (Å²) in [6.07, 6.45) is 0.818. The Kier molecular flexibility index (Phi) is 6.66. The van der Waals surface area contributed by atoms with E-state index in [1.807, 2.05) is 6.92 Å². The maximum absolute atomic E-state index is 11.2. The van der Waals surface area contributed by atoms with Gasteiger partial charge in [0.05, 0.1) is 6.54 Å². The monoisotopic (exact) mass is 231 g/mol. The minimum atomic E-state index is -1.10. The molecule has 0 aromatic heterocycles. The molecule has 0 radical (unpaired) electrons. The van der Waals surface area contributed by atoms with Gasteiger partial charge in [-0.2, -0.15) is 0 Å². The lowest BCUT2D eigenvalue weighted by molar-refractivity contribution is -0.137. The number of rotatable bonds is 6. The first-order valence-corrected chi connectivity index (χ1v) is 4.94. The number of hydrogen-bond donors (Lipinski definition) is 3. The fourth-order valence-electron chi connectivity index (χ4n) is 0.892. The summed E-state index contributed by atoms with van der Waals surface area (Å²) < 4.78 is 0. The summed E-state index contributed by atoms with van der Waals surface area (Å²) >= 11 is 0. The highest BCUT2D eigenvalue weighted by Gasteiger charge is 2.12. The molecule has 0 heterocycles. The number of likely N-dealkylation sites (N-methyl/N-ethyl adjacent to an activating group) is 1. The van der Waals surface area contributed by atoms with E-state index in [9.17, 15) is 14.4 Å². The van der Waals surface area contributed by atoms with Crippen LogP contribution in [0, 0.1) is 0 Å². The number of carbonyl (C=O) groups is 3. The number of carboxylic acid groups (broad SMARTS) is 1. The van der Waals surface area contributed by atoms with Gasteiger partial charge < -0.3 is 20.6 Å². The predicted molar refractivity (Wildman–Crippen MR) is 57.0 cm³/mol. The van der Waals surface area contributed by atoms with E-state index in [0.717, 1.165) is 11.3 Å². The molecule has 0 atom stereocenters. The summed E-state index contributed by atoms with van der Waals surface area (Å²) in [7, 11) is 1.34. The van der Waals surface area contributed by atoms with Crippen LogP contribution in [-0.4, -0.2) is 54.6 Å². The van der Waals surface area contributed by atoms with Crippen molar-refractivity contribution in [2.75, 3.05) is 26.7 Å². The second-order valence-corrected chi connectivity index (χ2v) is 3.26. The van der Waals surface area contributed by atoms with Crippen LogP contribution in [0.1, 0.15) is 13.3 Å². The van der Waals surface area contributed by atoms with Gasteiger partial charge in [-0.15, -0.1) is 0 Å². The zero-order valence-electron chi connectivity index (χ0n) is 9.45. The lowest BCUT2D eigenvalue weighted by Gasteiger charge is -2.15. The predicted octanol–water partition coefficient (Wildman–Crippen LogP) is -0.761. The molecule has 0 aromatic carbocycles. The fourth-order valence-corrected chi connectivity index (χ4v) is 0.892. The zero-order valence-corrected chi connectivity index (χ0v) is 9.45. The molecule has 0 aliphatic carbocycles. The minimum absolute atomic E-state index is 0.150. The molecular weight excluding hydrogens is 214 g/mol. The van der Waals surface area contributed by atoms with E-state index in [-0.39, 0.29) is 12.5 Å². The molecule has 0 spiro atoms. The van der Waals surface area contributed by atoms with Crippen LogP contribution < -0.4 is 10.6 Å². The van der Waals surface area contributed by atoms with Crippen molar-refractivity contribution in [1.82, 2.24) is 15.5 Å². The van der Waals surface area contributed by atoms with Crippen LogP contribution in [0.15, 0.2) is 0 Å². The lowest BCUT2D eigenvalue weighted by atomic mass is 10.4. The summed E-state index contributed by atoms with van der Waals surface area (Å²) in [5, 5.41) is 13.3. The maximum Gasteiger partial charge on any atom is 0.323 e. The van der Waals surface area contributed by atoms with Crippen molar-refractivity contribution in [2.24, 2.45) is 0 Å². The maximum atomic E-state index is 11.2. The Hall–Kier alpha value is -1.79. The van der Waals surface area contributed by atoms with Crippen LogP contribution in [-0.2, 0) is 9.59 Å². The van der Waals surface area contributed by atoms with E-state index in [0.29, 0.717) is 6.54 Å². The molecule has 16 heavy (non-hydrogen) atoms. The van der Waals surface area contributed by atoms with E-state index < -0.39 is 18.5 Å². The first-order chi connectivity index (χ1) is 7.47. The molecular formula is C9H17N3O4. The smallest absolute Gasteiger partial charge is 0.323 e. The molecule has 0 rings (SSSR count). The average Bonchev–Trinajstić information content (AvgIpc) is 2.21. The van der Waals surface area contributed by atoms with Gasteiger partial charge in [-0.25, -0.2) is 4.79 Å². The Morgan fingerprint density at radius 1 is 1.25 bits per heavy atom. The summed E-state index contributed by atoms with van der Waals surface area (Å²) in [5.74, 6) is -1.40. The van der Waals surface area contributed by atoms with Crippen molar-refractivity contribution in [3.05, 3.63) is 0 Å². The SMILES string of the molecule is CCCNC(=O)CNC(=O)N(C)CC(=O)O. The Bertz CT molecular complexity index is 267. The number of nitrogens with one attached hydrogen (secondary N) is 2. The van der Waals surface area contributed by atoms with Crippen molar-refractivity contribution in [1.29, 1.82) is 0 Å². The highest BCUT2D eigenvalue weighted by atomic mass is 16.4. The fraction of sp³-hybridized carbons (Fsp3) is 0.667. The van der Waals surface area contributed by atoms with E-state index >= 15 is 0 Å². The number of amides is 3. The Labute approximate surface area is 93.8 Å². The number of aliphatic carboxylic acids is 1. The Morgan fingerprint density at radius 2 is 1.88 bits per heavy atom. The molecule has 0 aliphatic heterocycles. The van der Waals surface area contributed by atoms with Crippen molar-refractivity contribution in [3.63, 3.8) is 0 Å². The molecule has 0 saturated carbocycles. The molecule has 0 aromatic rings. The van der Waals surface area contributed by atoms with Crippen LogP contribution in [0.2, 0.25) is 0 Å². The van der Waals surface area contributed by atoms with Gasteiger partial charge in [0.1, 0.15) is 6.54 Å². The summed E-state index contributed by atoms with van der Waals surface area (Å²) in [5.41, 5.74) is 0. The second-order valence-electron chi connectivity index (χ2n) is 3.26. The molecule has 7 nitrogen and oxygen atoms in total. The topological polar surface area (TPSA) is 98.7 Å². The van der Waals surface area contributed by atoms with E-state index in [1.165, 1.54) is 7.05 Å². The van der Waals surface area contributed by atoms with Gasteiger partial charge in [0.2, 0.25) is 5.91 Å². The normalized spacial score (nSPS) is 9.38. The van der Waals surface area contributed by atoms with Gasteiger partial charge in [0, 0.05) is 13.6 Å². The number of carboxylic acids is 1. The van der Waals surface area contributed by atoms with Crippen LogP contribution in [0.25, 0.3) is 0 Å². The molecule has 3 amide bonds. The average molecular weight is 231 g/mol.